The largest absolute Gasteiger partial charge is 0.481 e. The number of carbonyl (C=O) groups is 3. The van der Waals surface area contributed by atoms with E-state index in [0.717, 1.165) is 12.8 Å². The number of hydrogen-bond donors (Lipinski definition) is 3. The second-order valence-electron chi connectivity index (χ2n) is 4.80. The summed E-state index contributed by atoms with van der Waals surface area (Å²) in [5.74, 6) is -2.62. The van der Waals surface area contributed by atoms with E-state index in [9.17, 15) is 14.4 Å². The van der Waals surface area contributed by atoms with Gasteiger partial charge in [-0.1, -0.05) is 0 Å². The van der Waals surface area contributed by atoms with E-state index in [1.165, 1.54) is 4.90 Å². The first-order valence-corrected chi connectivity index (χ1v) is 6.11. The van der Waals surface area contributed by atoms with Crippen LogP contribution in [-0.4, -0.2) is 64.4 Å². The third-order valence-corrected chi connectivity index (χ3v) is 3.31. The van der Waals surface area contributed by atoms with Gasteiger partial charge in [-0.05, 0) is 12.8 Å². The number of ether oxygens (including phenoxy) is 1. The minimum atomic E-state index is -1.41. The number of nitrogens with zero attached hydrogens (tertiary/aromatic N) is 1. The molecule has 8 nitrogen and oxygen atoms in total. The number of aliphatic carboxylic acids is 2. The average molecular weight is 272 g/mol. The van der Waals surface area contributed by atoms with E-state index in [0.29, 0.717) is 13.1 Å². The van der Waals surface area contributed by atoms with Crippen LogP contribution in [0.1, 0.15) is 19.3 Å². The standard InChI is InChI=1S/C11H16N2O6/c14-9(15)3-8(10(16)17)12-11(18)13-4-6-1-2-7(5-13)19-6/h6-8H,1-5H2,(H,12,18)(H,14,15)(H,16,17). The van der Waals surface area contributed by atoms with Crippen molar-refractivity contribution in [3.05, 3.63) is 0 Å². The van der Waals surface area contributed by atoms with Gasteiger partial charge in [0.05, 0.1) is 18.6 Å². The Morgan fingerprint density at radius 2 is 1.79 bits per heavy atom. The Morgan fingerprint density at radius 1 is 1.21 bits per heavy atom. The molecule has 106 valence electrons. The molecule has 2 aliphatic rings. The Bertz CT molecular complexity index is 387. The van der Waals surface area contributed by atoms with Gasteiger partial charge in [0.25, 0.3) is 0 Å². The number of nitrogens with one attached hydrogen (secondary N) is 1. The second-order valence-corrected chi connectivity index (χ2v) is 4.80. The molecular formula is C11H16N2O6. The van der Waals surface area contributed by atoms with Gasteiger partial charge >= 0.3 is 18.0 Å². The number of urea groups is 1. The maximum Gasteiger partial charge on any atom is 0.326 e. The molecule has 2 amide bonds. The Morgan fingerprint density at radius 3 is 2.26 bits per heavy atom. The number of carboxylic acids is 2. The Kier molecular flexibility index (Phi) is 3.89. The predicted molar refractivity (Wildman–Crippen MR) is 61.7 cm³/mol. The van der Waals surface area contributed by atoms with E-state index in [1.54, 1.807) is 0 Å². The summed E-state index contributed by atoms with van der Waals surface area (Å²) in [6.07, 6.45) is 1.16. The zero-order valence-corrected chi connectivity index (χ0v) is 10.2. The molecule has 2 fully saturated rings. The molecule has 0 radical (unpaired) electrons. The van der Waals surface area contributed by atoms with E-state index in [-0.39, 0.29) is 12.2 Å². The Hall–Kier alpha value is -1.83. The number of likely N-dealkylation sites (tertiary alicyclic amines) is 1. The van der Waals surface area contributed by atoms with Gasteiger partial charge in [0.15, 0.2) is 0 Å². The first-order valence-electron chi connectivity index (χ1n) is 6.11. The predicted octanol–water partition coefficient (Wildman–Crippen LogP) is -0.513. The van der Waals surface area contributed by atoms with Crippen molar-refractivity contribution in [1.29, 1.82) is 0 Å². The quantitative estimate of drug-likeness (QED) is 0.634. The summed E-state index contributed by atoms with van der Waals surface area (Å²) in [5.41, 5.74) is 0. The van der Waals surface area contributed by atoms with Crippen molar-refractivity contribution in [3.63, 3.8) is 0 Å². The molecule has 8 heteroatoms. The lowest BCUT2D eigenvalue weighted by atomic mass is 10.2. The van der Waals surface area contributed by atoms with Gasteiger partial charge in [-0.2, -0.15) is 0 Å². The molecular weight excluding hydrogens is 256 g/mol. The highest BCUT2D eigenvalue weighted by Gasteiger charge is 2.36. The van der Waals surface area contributed by atoms with Crippen LogP contribution in [0.5, 0.6) is 0 Å². The van der Waals surface area contributed by atoms with Crippen LogP contribution in [0, 0.1) is 0 Å². The summed E-state index contributed by atoms with van der Waals surface area (Å²) in [6.45, 7) is 0.837. The molecule has 2 bridgehead atoms. The highest BCUT2D eigenvalue weighted by atomic mass is 16.5. The molecule has 2 aliphatic heterocycles. The fourth-order valence-electron chi connectivity index (χ4n) is 2.40. The Labute approximate surface area is 109 Å². The maximum atomic E-state index is 11.9. The lowest BCUT2D eigenvalue weighted by Gasteiger charge is -2.32. The topological polar surface area (TPSA) is 116 Å². The summed E-state index contributed by atoms with van der Waals surface area (Å²) in [7, 11) is 0. The van der Waals surface area contributed by atoms with Crippen LogP contribution in [-0.2, 0) is 14.3 Å². The summed E-state index contributed by atoms with van der Waals surface area (Å²) >= 11 is 0. The number of carboxylic acid groups (broad SMARTS) is 2. The van der Waals surface area contributed by atoms with Gasteiger partial charge in [0.2, 0.25) is 0 Å². The van der Waals surface area contributed by atoms with E-state index in [2.05, 4.69) is 5.32 Å². The van der Waals surface area contributed by atoms with E-state index < -0.39 is 30.4 Å². The molecule has 0 aromatic carbocycles. The van der Waals surface area contributed by atoms with Crippen molar-refractivity contribution < 1.29 is 29.3 Å². The zero-order chi connectivity index (χ0) is 14.0. The molecule has 19 heavy (non-hydrogen) atoms. The number of carbonyl (C=O) groups excluding carboxylic acids is 1. The van der Waals surface area contributed by atoms with Gasteiger partial charge in [-0.25, -0.2) is 9.59 Å². The van der Waals surface area contributed by atoms with Crippen molar-refractivity contribution in [2.45, 2.75) is 37.5 Å². The van der Waals surface area contributed by atoms with Crippen molar-refractivity contribution in [2.75, 3.05) is 13.1 Å². The van der Waals surface area contributed by atoms with Crippen LogP contribution in [0.3, 0.4) is 0 Å². The van der Waals surface area contributed by atoms with Crippen molar-refractivity contribution >= 4 is 18.0 Å². The number of fused-ring (bicyclic) bond motifs is 2. The molecule has 2 rings (SSSR count). The number of rotatable bonds is 4. The molecule has 3 unspecified atom stereocenters. The molecule has 0 aliphatic carbocycles. The van der Waals surface area contributed by atoms with E-state index in [4.69, 9.17) is 14.9 Å². The van der Waals surface area contributed by atoms with Gasteiger partial charge in [0.1, 0.15) is 6.04 Å². The summed E-state index contributed by atoms with van der Waals surface area (Å²) in [6, 6.07) is -1.96. The van der Waals surface area contributed by atoms with Crippen molar-refractivity contribution in [2.24, 2.45) is 0 Å². The monoisotopic (exact) mass is 272 g/mol. The van der Waals surface area contributed by atoms with Crippen molar-refractivity contribution in [1.82, 2.24) is 10.2 Å². The number of amides is 2. The number of hydrogen-bond acceptors (Lipinski definition) is 4. The first kappa shape index (κ1) is 13.6. The van der Waals surface area contributed by atoms with Crippen LogP contribution in [0.25, 0.3) is 0 Å². The maximum absolute atomic E-state index is 11.9. The third kappa shape index (κ3) is 3.34. The van der Waals surface area contributed by atoms with E-state index in [1.807, 2.05) is 0 Å². The summed E-state index contributed by atoms with van der Waals surface area (Å²) < 4.78 is 5.56. The molecule has 3 N–H and O–H groups in total. The summed E-state index contributed by atoms with van der Waals surface area (Å²) in [5, 5.41) is 19.7. The van der Waals surface area contributed by atoms with Gasteiger partial charge in [0, 0.05) is 13.1 Å². The minimum Gasteiger partial charge on any atom is -0.481 e. The normalized spacial score (nSPS) is 26.8. The molecule has 0 saturated carbocycles. The highest BCUT2D eigenvalue weighted by Crippen LogP contribution is 2.26. The Balaban J connectivity index is 1.91. The molecule has 2 saturated heterocycles. The van der Waals surface area contributed by atoms with Gasteiger partial charge < -0.3 is 25.2 Å². The van der Waals surface area contributed by atoms with Gasteiger partial charge in [-0.3, -0.25) is 4.79 Å². The molecule has 0 aromatic heterocycles. The van der Waals surface area contributed by atoms with Crippen LogP contribution < -0.4 is 5.32 Å². The molecule has 0 aromatic rings. The van der Waals surface area contributed by atoms with Crippen LogP contribution in [0.4, 0.5) is 4.79 Å². The number of morpholine rings is 1. The van der Waals surface area contributed by atoms with E-state index >= 15 is 0 Å². The van der Waals surface area contributed by atoms with Crippen LogP contribution >= 0.6 is 0 Å². The first-order chi connectivity index (χ1) is 8.95. The molecule has 0 spiro atoms. The lowest BCUT2D eigenvalue weighted by Crippen LogP contribution is -2.53. The van der Waals surface area contributed by atoms with Crippen LogP contribution in [0.15, 0.2) is 0 Å². The molecule has 3 atom stereocenters. The highest BCUT2D eigenvalue weighted by molar-refractivity contribution is 5.86. The fraction of sp³-hybridized carbons (Fsp3) is 0.727. The third-order valence-electron chi connectivity index (χ3n) is 3.31. The smallest absolute Gasteiger partial charge is 0.326 e. The van der Waals surface area contributed by atoms with Gasteiger partial charge in [-0.15, -0.1) is 0 Å². The summed E-state index contributed by atoms with van der Waals surface area (Å²) in [4.78, 5) is 34.8. The zero-order valence-electron chi connectivity index (χ0n) is 10.2. The fourth-order valence-corrected chi connectivity index (χ4v) is 2.40. The van der Waals surface area contributed by atoms with Crippen LogP contribution in [0.2, 0.25) is 0 Å². The molecule has 2 heterocycles. The average Bonchev–Trinajstić information content (AvgIpc) is 2.66. The SMILES string of the molecule is O=C(O)CC(NC(=O)N1CC2CCC(C1)O2)C(=O)O. The lowest BCUT2D eigenvalue weighted by molar-refractivity contribution is -0.145. The van der Waals surface area contributed by atoms with Crippen molar-refractivity contribution in [3.8, 4) is 0 Å². The second kappa shape index (κ2) is 5.43. The minimum absolute atomic E-state index is 0.00671.